The SMILES string of the molecule is CCN1CCN(Cc2ccc(Nc3ncc4c(C)c(C(C)=O)c(=O)n(C(C)C)c4n3)nc2)CC12CC2. The maximum absolute atomic E-state index is 13.1. The molecule has 0 bridgehead atoms. The van der Waals surface area contributed by atoms with Crippen molar-refractivity contribution in [1.82, 2.24) is 29.3 Å². The summed E-state index contributed by atoms with van der Waals surface area (Å²) >= 11 is 0. The van der Waals surface area contributed by atoms with Gasteiger partial charge >= 0.3 is 0 Å². The van der Waals surface area contributed by atoms with Crippen LogP contribution in [0, 0.1) is 6.92 Å². The maximum Gasteiger partial charge on any atom is 0.263 e. The van der Waals surface area contributed by atoms with Gasteiger partial charge in [0.25, 0.3) is 5.56 Å². The Morgan fingerprint density at radius 2 is 1.94 bits per heavy atom. The number of nitrogens with one attached hydrogen (secondary N) is 1. The number of aromatic nitrogens is 4. The lowest BCUT2D eigenvalue weighted by Crippen LogP contribution is -2.54. The van der Waals surface area contributed by atoms with E-state index >= 15 is 0 Å². The Morgan fingerprint density at radius 3 is 2.56 bits per heavy atom. The lowest BCUT2D eigenvalue weighted by atomic mass is 10.0. The Morgan fingerprint density at radius 1 is 1.17 bits per heavy atom. The number of hydrogen-bond acceptors (Lipinski definition) is 8. The summed E-state index contributed by atoms with van der Waals surface area (Å²) in [5.41, 5.74) is 2.59. The van der Waals surface area contributed by atoms with Crippen molar-refractivity contribution in [3.63, 3.8) is 0 Å². The van der Waals surface area contributed by atoms with E-state index in [1.807, 2.05) is 26.1 Å². The Bertz CT molecular complexity index is 1360. The van der Waals surface area contributed by atoms with Gasteiger partial charge in [-0.15, -0.1) is 0 Å². The molecule has 1 N–H and O–H groups in total. The van der Waals surface area contributed by atoms with Crippen LogP contribution in [0.25, 0.3) is 11.0 Å². The predicted octanol–water partition coefficient (Wildman–Crippen LogP) is 3.69. The summed E-state index contributed by atoms with van der Waals surface area (Å²) in [6, 6.07) is 3.88. The first-order valence-electron chi connectivity index (χ1n) is 12.8. The summed E-state index contributed by atoms with van der Waals surface area (Å²) < 4.78 is 1.56. The van der Waals surface area contributed by atoms with Crippen LogP contribution in [0.3, 0.4) is 0 Å². The molecule has 36 heavy (non-hydrogen) atoms. The Kier molecular flexibility index (Phi) is 6.38. The third-order valence-corrected chi connectivity index (χ3v) is 7.63. The fourth-order valence-corrected chi connectivity index (χ4v) is 5.59. The minimum absolute atomic E-state index is 0.159. The molecular weight excluding hydrogens is 454 g/mol. The van der Waals surface area contributed by atoms with Gasteiger partial charge in [0.15, 0.2) is 5.78 Å². The van der Waals surface area contributed by atoms with Crippen LogP contribution in [0.4, 0.5) is 11.8 Å². The first kappa shape index (κ1) is 24.5. The van der Waals surface area contributed by atoms with E-state index in [4.69, 9.17) is 0 Å². The number of fused-ring (bicyclic) bond motifs is 1. The van der Waals surface area contributed by atoms with Crippen molar-refractivity contribution in [3.05, 3.63) is 51.6 Å². The van der Waals surface area contributed by atoms with Gasteiger partial charge in [-0.2, -0.15) is 4.98 Å². The van der Waals surface area contributed by atoms with Crippen LogP contribution < -0.4 is 10.9 Å². The van der Waals surface area contributed by atoms with E-state index in [1.54, 1.807) is 17.7 Å². The van der Waals surface area contributed by atoms with E-state index in [9.17, 15) is 9.59 Å². The Hall–Kier alpha value is -3.17. The van der Waals surface area contributed by atoms with Crippen molar-refractivity contribution >= 4 is 28.6 Å². The predicted molar refractivity (Wildman–Crippen MR) is 141 cm³/mol. The number of carbonyl (C=O) groups excluding carboxylic acids is 1. The third-order valence-electron chi connectivity index (χ3n) is 7.63. The molecule has 1 aliphatic carbocycles. The average Bonchev–Trinajstić information content (AvgIpc) is 3.59. The first-order chi connectivity index (χ1) is 17.2. The van der Waals surface area contributed by atoms with E-state index in [1.165, 1.54) is 25.3 Å². The fourth-order valence-electron chi connectivity index (χ4n) is 5.59. The van der Waals surface area contributed by atoms with E-state index in [2.05, 4.69) is 43.1 Å². The topological polar surface area (TPSA) is 96.2 Å². The van der Waals surface area contributed by atoms with Crippen molar-refractivity contribution in [1.29, 1.82) is 0 Å². The molecule has 0 amide bonds. The number of ketones is 1. The smallest absolute Gasteiger partial charge is 0.263 e. The normalized spacial score (nSPS) is 17.7. The van der Waals surface area contributed by atoms with E-state index < -0.39 is 0 Å². The van der Waals surface area contributed by atoms with Crippen molar-refractivity contribution < 1.29 is 4.79 Å². The van der Waals surface area contributed by atoms with Gasteiger partial charge in [0.2, 0.25) is 5.95 Å². The molecule has 3 aromatic rings. The van der Waals surface area contributed by atoms with Gasteiger partial charge < -0.3 is 5.32 Å². The summed E-state index contributed by atoms with van der Waals surface area (Å²) in [6.07, 6.45) is 6.19. The standard InChI is InChI=1S/C27H35N7O2/c1-6-33-12-11-32(16-27(33)9-10-27)15-20-7-8-22(28-13-20)30-26-29-14-21-18(4)23(19(5)35)25(36)34(17(2)3)24(21)31-26/h7-8,13-14,17H,6,9-12,15-16H2,1-5H3,(H,28,29,30,31). The number of aryl methyl sites for hydroxylation is 1. The molecule has 1 spiro atoms. The number of pyridine rings is 2. The summed E-state index contributed by atoms with van der Waals surface area (Å²) in [7, 11) is 0. The zero-order chi connectivity index (χ0) is 25.6. The molecular formula is C27H35N7O2. The summed E-state index contributed by atoms with van der Waals surface area (Å²) in [5, 5.41) is 3.86. The Balaban J connectivity index is 1.35. The van der Waals surface area contributed by atoms with Crippen LogP contribution in [-0.4, -0.2) is 66.8 Å². The highest BCUT2D eigenvalue weighted by Crippen LogP contribution is 2.44. The van der Waals surface area contributed by atoms with Crippen molar-refractivity contribution in [2.24, 2.45) is 0 Å². The van der Waals surface area contributed by atoms with E-state index in [-0.39, 0.29) is 22.9 Å². The number of piperazine rings is 1. The number of anilines is 2. The molecule has 0 radical (unpaired) electrons. The molecule has 0 unspecified atom stereocenters. The van der Waals surface area contributed by atoms with Crippen molar-refractivity contribution in [3.8, 4) is 0 Å². The van der Waals surface area contributed by atoms with Crippen LogP contribution in [0.1, 0.15) is 68.1 Å². The van der Waals surface area contributed by atoms with Crippen LogP contribution in [0.5, 0.6) is 0 Å². The van der Waals surface area contributed by atoms with Gasteiger partial charge in [-0.1, -0.05) is 13.0 Å². The monoisotopic (exact) mass is 489 g/mol. The molecule has 9 nitrogen and oxygen atoms in total. The number of hydrogen-bond donors (Lipinski definition) is 1. The number of nitrogens with zero attached hydrogens (tertiary/aromatic N) is 6. The van der Waals surface area contributed by atoms with Crippen LogP contribution in [-0.2, 0) is 6.54 Å². The lowest BCUT2D eigenvalue weighted by Gasteiger charge is -2.41. The lowest BCUT2D eigenvalue weighted by molar-refractivity contribution is 0.0591. The molecule has 1 saturated heterocycles. The van der Waals surface area contributed by atoms with Crippen molar-refractivity contribution in [2.75, 3.05) is 31.5 Å². The minimum atomic E-state index is -0.317. The molecule has 3 aromatic heterocycles. The van der Waals surface area contributed by atoms with E-state index in [0.717, 1.165) is 32.7 Å². The van der Waals surface area contributed by atoms with Gasteiger partial charge in [-0.05, 0) is 64.3 Å². The van der Waals surface area contributed by atoms with Gasteiger partial charge in [-0.3, -0.25) is 24.0 Å². The van der Waals surface area contributed by atoms with Crippen molar-refractivity contribution in [2.45, 2.75) is 65.6 Å². The molecule has 9 heteroatoms. The summed E-state index contributed by atoms with van der Waals surface area (Å²) in [6.45, 7) is 14.7. The third kappa shape index (κ3) is 4.41. The highest BCUT2D eigenvalue weighted by Gasteiger charge is 2.50. The zero-order valence-corrected chi connectivity index (χ0v) is 21.8. The van der Waals surface area contributed by atoms with Gasteiger partial charge in [-0.25, -0.2) is 9.97 Å². The second-order valence-corrected chi connectivity index (χ2v) is 10.4. The second-order valence-electron chi connectivity index (χ2n) is 10.4. The quantitative estimate of drug-likeness (QED) is 0.502. The number of Topliss-reactive ketones (excluding diaryl/α,β-unsaturated/α-hetero) is 1. The van der Waals surface area contributed by atoms with Gasteiger partial charge in [0.05, 0.1) is 5.56 Å². The number of likely N-dealkylation sites (N-methyl/N-ethyl adjacent to an activating group) is 1. The molecule has 4 heterocycles. The molecule has 1 saturated carbocycles. The second kappa shape index (κ2) is 9.37. The van der Waals surface area contributed by atoms with Crippen LogP contribution >= 0.6 is 0 Å². The highest BCUT2D eigenvalue weighted by atomic mass is 16.1. The molecule has 2 aliphatic rings. The maximum atomic E-state index is 13.1. The number of carbonyl (C=O) groups is 1. The largest absolute Gasteiger partial charge is 0.309 e. The highest BCUT2D eigenvalue weighted by molar-refractivity contribution is 5.99. The summed E-state index contributed by atoms with van der Waals surface area (Å²) in [5.74, 6) is 0.751. The van der Waals surface area contributed by atoms with Crippen LogP contribution in [0.15, 0.2) is 29.3 Å². The van der Waals surface area contributed by atoms with Gasteiger partial charge in [0, 0.05) is 55.5 Å². The molecule has 190 valence electrons. The molecule has 5 rings (SSSR count). The van der Waals surface area contributed by atoms with Crippen LogP contribution in [0.2, 0.25) is 0 Å². The summed E-state index contributed by atoms with van der Waals surface area (Å²) in [4.78, 5) is 44.1. The van der Waals surface area contributed by atoms with Gasteiger partial charge in [0.1, 0.15) is 11.5 Å². The Labute approximate surface area is 211 Å². The fraction of sp³-hybridized carbons (Fsp3) is 0.519. The molecule has 1 aliphatic heterocycles. The molecule has 0 aromatic carbocycles. The molecule has 2 fully saturated rings. The average molecular weight is 490 g/mol. The first-order valence-corrected chi connectivity index (χ1v) is 12.8. The zero-order valence-electron chi connectivity index (χ0n) is 21.8. The minimum Gasteiger partial charge on any atom is -0.309 e. The van der Waals surface area contributed by atoms with E-state index in [0.29, 0.717) is 33.9 Å². The number of rotatable bonds is 7. The molecule has 0 atom stereocenters.